The fraction of sp³-hybridized carbons (Fsp3) is 0.273. The number of ketones is 1. The van der Waals surface area contributed by atoms with Crippen LogP contribution in [0.15, 0.2) is 23.2 Å². The highest BCUT2D eigenvalue weighted by Crippen LogP contribution is 2.28. The quantitative estimate of drug-likeness (QED) is 0.620. The fourth-order valence-corrected chi connectivity index (χ4v) is 1.51. The van der Waals surface area contributed by atoms with Gasteiger partial charge in [-0.05, 0) is 32.0 Å². The second-order valence-electron chi connectivity index (χ2n) is 3.50. The monoisotopic (exact) mass is 191 g/mol. The van der Waals surface area contributed by atoms with Crippen molar-refractivity contribution in [3.8, 4) is 0 Å². The summed E-state index contributed by atoms with van der Waals surface area (Å²) >= 11 is 0. The first-order chi connectivity index (χ1) is 6.59. The Morgan fingerprint density at radius 3 is 2.86 bits per heavy atom. The van der Waals surface area contributed by atoms with Crippen molar-refractivity contribution in [2.75, 3.05) is 0 Å². The minimum absolute atomic E-state index is 0.0491. The summed E-state index contributed by atoms with van der Waals surface area (Å²) in [6, 6.07) is 4.11. The molecule has 0 aromatic heterocycles. The van der Waals surface area contributed by atoms with Crippen molar-refractivity contribution >= 4 is 17.2 Å². The predicted molar refractivity (Wildman–Crippen MR) is 52.7 cm³/mol. The molecular weight excluding hydrogens is 181 g/mol. The van der Waals surface area contributed by atoms with Gasteiger partial charge in [0.05, 0.1) is 11.6 Å². The predicted octanol–water partition coefficient (Wildman–Crippen LogP) is 2.75. The van der Waals surface area contributed by atoms with E-state index < -0.39 is 0 Å². The van der Waals surface area contributed by atoms with E-state index in [1.165, 1.54) is 18.2 Å². The third kappa shape index (κ3) is 1.25. The van der Waals surface area contributed by atoms with E-state index in [1.807, 2.05) is 6.92 Å². The Balaban J connectivity index is 2.64. The standard InChI is InChI=1S/C11H10FNO/c1-6-7(2)13-10-4-3-8(12)5-9(10)11(6)14/h3-6H,1-2H3. The summed E-state index contributed by atoms with van der Waals surface area (Å²) in [6.07, 6.45) is 0. The summed E-state index contributed by atoms with van der Waals surface area (Å²) in [4.78, 5) is 16.0. The van der Waals surface area contributed by atoms with Gasteiger partial charge >= 0.3 is 0 Å². The van der Waals surface area contributed by atoms with Crippen LogP contribution in [0, 0.1) is 11.7 Å². The van der Waals surface area contributed by atoms with Crippen LogP contribution in [-0.4, -0.2) is 11.5 Å². The Hall–Kier alpha value is -1.51. The molecule has 0 radical (unpaired) electrons. The van der Waals surface area contributed by atoms with Crippen molar-refractivity contribution in [1.82, 2.24) is 0 Å². The average molecular weight is 191 g/mol. The van der Waals surface area contributed by atoms with Crippen LogP contribution in [0.3, 0.4) is 0 Å². The van der Waals surface area contributed by atoms with E-state index in [2.05, 4.69) is 4.99 Å². The molecule has 1 unspecified atom stereocenters. The van der Waals surface area contributed by atoms with Crippen molar-refractivity contribution < 1.29 is 9.18 Å². The van der Waals surface area contributed by atoms with Crippen molar-refractivity contribution in [3.05, 3.63) is 29.6 Å². The highest BCUT2D eigenvalue weighted by Gasteiger charge is 2.25. The van der Waals surface area contributed by atoms with E-state index in [0.29, 0.717) is 11.3 Å². The van der Waals surface area contributed by atoms with Gasteiger partial charge in [0.1, 0.15) is 5.82 Å². The summed E-state index contributed by atoms with van der Waals surface area (Å²) in [6.45, 7) is 3.60. The van der Waals surface area contributed by atoms with Gasteiger partial charge in [0.2, 0.25) is 0 Å². The number of hydrogen-bond acceptors (Lipinski definition) is 2. The molecule has 3 heteroatoms. The number of hydrogen-bond donors (Lipinski definition) is 0. The van der Waals surface area contributed by atoms with Crippen LogP contribution in [-0.2, 0) is 0 Å². The summed E-state index contributed by atoms with van der Waals surface area (Å²) in [5, 5.41) is 0. The molecule has 1 aliphatic rings. The zero-order valence-corrected chi connectivity index (χ0v) is 8.04. The number of aliphatic imine (C=N–C) groups is 1. The lowest BCUT2D eigenvalue weighted by Gasteiger charge is -2.17. The molecule has 0 aliphatic carbocycles. The average Bonchev–Trinajstić information content (AvgIpc) is 2.16. The molecule has 2 nitrogen and oxygen atoms in total. The number of benzene rings is 1. The Morgan fingerprint density at radius 2 is 2.14 bits per heavy atom. The van der Waals surface area contributed by atoms with Crippen LogP contribution < -0.4 is 0 Å². The number of carbonyl (C=O) groups is 1. The van der Waals surface area contributed by atoms with E-state index in [0.717, 1.165) is 5.71 Å². The molecule has 0 saturated heterocycles. The first-order valence-corrected chi connectivity index (χ1v) is 4.48. The normalized spacial score (nSPS) is 20.4. The zero-order chi connectivity index (χ0) is 10.3. The van der Waals surface area contributed by atoms with Gasteiger partial charge in [0.25, 0.3) is 0 Å². The minimum atomic E-state index is -0.390. The first kappa shape index (κ1) is 9.06. The third-order valence-corrected chi connectivity index (χ3v) is 2.54. The first-order valence-electron chi connectivity index (χ1n) is 4.48. The van der Waals surface area contributed by atoms with Crippen molar-refractivity contribution in [3.63, 3.8) is 0 Å². The van der Waals surface area contributed by atoms with E-state index in [4.69, 9.17) is 0 Å². The Morgan fingerprint density at radius 1 is 1.43 bits per heavy atom. The molecular formula is C11H10FNO. The highest BCUT2D eigenvalue weighted by atomic mass is 19.1. The molecule has 1 aromatic carbocycles. The van der Waals surface area contributed by atoms with E-state index in [9.17, 15) is 9.18 Å². The fourth-order valence-electron chi connectivity index (χ4n) is 1.51. The molecule has 0 N–H and O–H groups in total. The van der Waals surface area contributed by atoms with Crippen LogP contribution in [0.2, 0.25) is 0 Å². The molecule has 14 heavy (non-hydrogen) atoms. The summed E-state index contributed by atoms with van der Waals surface area (Å²) in [7, 11) is 0. The van der Waals surface area contributed by atoms with Gasteiger partial charge in [-0.25, -0.2) is 4.39 Å². The number of Topliss-reactive ketones (excluding diaryl/α,β-unsaturated/α-hetero) is 1. The van der Waals surface area contributed by atoms with E-state index in [-0.39, 0.29) is 17.5 Å². The van der Waals surface area contributed by atoms with Crippen molar-refractivity contribution in [2.45, 2.75) is 13.8 Å². The zero-order valence-electron chi connectivity index (χ0n) is 8.04. The molecule has 0 spiro atoms. The Kier molecular flexibility index (Phi) is 1.95. The summed E-state index contributed by atoms with van der Waals surface area (Å²) in [5.41, 5.74) is 1.75. The SMILES string of the molecule is CC1=Nc2ccc(F)cc2C(=O)C1C. The van der Waals surface area contributed by atoms with Gasteiger partial charge in [-0.2, -0.15) is 0 Å². The summed E-state index contributed by atoms with van der Waals surface area (Å²) < 4.78 is 12.9. The van der Waals surface area contributed by atoms with E-state index >= 15 is 0 Å². The van der Waals surface area contributed by atoms with E-state index in [1.54, 1.807) is 6.92 Å². The number of fused-ring (bicyclic) bond motifs is 1. The summed E-state index contributed by atoms with van der Waals surface area (Å²) in [5.74, 6) is -0.671. The minimum Gasteiger partial charge on any atom is -0.293 e. The molecule has 1 heterocycles. The maximum absolute atomic E-state index is 12.9. The largest absolute Gasteiger partial charge is 0.293 e. The van der Waals surface area contributed by atoms with Crippen LogP contribution >= 0.6 is 0 Å². The molecule has 0 bridgehead atoms. The van der Waals surface area contributed by atoms with Gasteiger partial charge in [0, 0.05) is 11.3 Å². The molecule has 1 aliphatic heterocycles. The van der Waals surface area contributed by atoms with Gasteiger partial charge in [0.15, 0.2) is 5.78 Å². The van der Waals surface area contributed by atoms with Gasteiger partial charge in [-0.1, -0.05) is 0 Å². The lowest BCUT2D eigenvalue weighted by Crippen LogP contribution is -2.22. The molecule has 0 amide bonds. The van der Waals surface area contributed by atoms with Crippen LogP contribution in [0.25, 0.3) is 0 Å². The smallest absolute Gasteiger partial charge is 0.173 e. The lowest BCUT2D eigenvalue weighted by atomic mass is 9.91. The number of carbonyl (C=O) groups excluding carboxylic acids is 1. The maximum Gasteiger partial charge on any atom is 0.173 e. The molecule has 2 rings (SSSR count). The Labute approximate surface area is 81.5 Å². The van der Waals surface area contributed by atoms with Gasteiger partial charge in [-0.15, -0.1) is 0 Å². The third-order valence-electron chi connectivity index (χ3n) is 2.54. The molecule has 0 saturated carbocycles. The number of rotatable bonds is 0. The molecule has 1 atom stereocenters. The van der Waals surface area contributed by atoms with Crippen molar-refractivity contribution in [1.29, 1.82) is 0 Å². The van der Waals surface area contributed by atoms with Gasteiger partial charge < -0.3 is 0 Å². The van der Waals surface area contributed by atoms with Crippen molar-refractivity contribution in [2.24, 2.45) is 10.9 Å². The molecule has 1 aromatic rings. The number of halogens is 1. The lowest BCUT2D eigenvalue weighted by molar-refractivity contribution is 0.0959. The second kappa shape index (κ2) is 3.01. The second-order valence-corrected chi connectivity index (χ2v) is 3.50. The molecule has 72 valence electrons. The topological polar surface area (TPSA) is 29.4 Å². The highest BCUT2D eigenvalue weighted by molar-refractivity contribution is 6.17. The van der Waals surface area contributed by atoms with Crippen LogP contribution in [0.5, 0.6) is 0 Å². The number of nitrogens with zero attached hydrogens (tertiary/aromatic N) is 1. The van der Waals surface area contributed by atoms with Gasteiger partial charge in [-0.3, -0.25) is 9.79 Å². The molecule has 0 fully saturated rings. The maximum atomic E-state index is 12.9. The van der Waals surface area contributed by atoms with Crippen LogP contribution in [0.4, 0.5) is 10.1 Å². The Bertz CT molecular complexity index is 437. The van der Waals surface area contributed by atoms with Crippen LogP contribution in [0.1, 0.15) is 24.2 Å².